The van der Waals surface area contributed by atoms with Crippen LogP contribution in [0.4, 0.5) is 0 Å². The van der Waals surface area contributed by atoms with Gasteiger partial charge in [-0.3, -0.25) is 4.79 Å². The standard InChI is InChI=1S/C6H14N2O.2C2H6/c1-6(2,3)8-4-5(7)9;2*1-2/h8H,4H2,1-3H3,(H2,7,9);2*1-2H3. The SMILES string of the molecule is CC.CC.CC(C)(C)NCC(N)=O. The van der Waals surface area contributed by atoms with E-state index in [2.05, 4.69) is 5.32 Å². The Morgan fingerprint density at radius 1 is 1.15 bits per heavy atom. The van der Waals surface area contributed by atoms with E-state index in [-0.39, 0.29) is 18.0 Å². The number of amides is 1. The van der Waals surface area contributed by atoms with Crippen molar-refractivity contribution in [2.24, 2.45) is 5.73 Å². The number of nitrogens with one attached hydrogen (secondary N) is 1. The molecule has 0 aromatic heterocycles. The van der Waals surface area contributed by atoms with Gasteiger partial charge in [0.25, 0.3) is 0 Å². The molecule has 0 saturated carbocycles. The maximum absolute atomic E-state index is 10.2. The van der Waals surface area contributed by atoms with Gasteiger partial charge in [0.05, 0.1) is 6.54 Å². The smallest absolute Gasteiger partial charge is 0.231 e. The number of primary amides is 1. The fourth-order valence-electron chi connectivity index (χ4n) is 0.352. The van der Waals surface area contributed by atoms with Crippen molar-refractivity contribution in [3.05, 3.63) is 0 Å². The molecule has 0 rings (SSSR count). The molecule has 0 spiro atoms. The average Bonchev–Trinajstić information content (AvgIpc) is 2.07. The Morgan fingerprint density at radius 3 is 1.54 bits per heavy atom. The fraction of sp³-hybridized carbons (Fsp3) is 0.900. The van der Waals surface area contributed by atoms with Crippen LogP contribution in [0.25, 0.3) is 0 Å². The first-order chi connectivity index (χ1) is 5.92. The van der Waals surface area contributed by atoms with E-state index in [1.807, 2.05) is 48.5 Å². The van der Waals surface area contributed by atoms with Gasteiger partial charge in [-0.15, -0.1) is 0 Å². The third kappa shape index (κ3) is 34.5. The van der Waals surface area contributed by atoms with Crippen LogP contribution in [0.3, 0.4) is 0 Å². The van der Waals surface area contributed by atoms with E-state index >= 15 is 0 Å². The van der Waals surface area contributed by atoms with Crippen molar-refractivity contribution in [2.75, 3.05) is 6.54 Å². The van der Waals surface area contributed by atoms with Gasteiger partial charge in [-0.1, -0.05) is 27.7 Å². The van der Waals surface area contributed by atoms with Crippen LogP contribution in [0.5, 0.6) is 0 Å². The fourth-order valence-corrected chi connectivity index (χ4v) is 0.352. The second-order valence-corrected chi connectivity index (χ2v) is 3.07. The molecule has 0 atom stereocenters. The largest absolute Gasteiger partial charge is 0.369 e. The molecule has 0 unspecified atom stereocenters. The third-order valence-corrected chi connectivity index (χ3v) is 0.793. The van der Waals surface area contributed by atoms with Crippen molar-refractivity contribution >= 4 is 5.91 Å². The molecule has 3 nitrogen and oxygen atoms in total. The summed E-state index contributed by atoms with van der Waals surface area (Å²) in [6.07, 6.45) is 0. The molecule has 0 aromatic carbocycles. The van der Waals surface area contributed by atoms with E-state index in [9.17, 15) is 4.79 Å². The summed E-state index contributed by atoms with van der Waals surface area (Å²) in [6.45, 7) is 14.2. The predicted molar refractivity (Wildman–Crippen MR) is 59.6 cm³/mol. The second kappa shape index (κ2) is 11.4. The third-order valence-electron chi connectivity index (χ3n) is 0.793. The van der Waals surface area contributed by atoms with Crippen molar-refractivity contribution < 1.29 is 4.79 Å². The first kappa shape index (κ1) is 18.3. The van der Waals surface area contributed by atoms with Crippen molar-refractivity contribution in [3.8, 4) is 0 Å². The van der Waals surface area contributed by atoms with Crippen molar-refractivity contribution in [1.82, 2.24) is 5.32 Å². The van der Waals surface area contributed by atoms with Gasteiger partial charge in [0.2, 0.25) is 5.91 Å². The van der Waals surface area contributed by atoms with Crippen LogP contribution in [0, 0.1) is 0 Å². The molecular formula is C10H26N2O. The lowest BCUT2D eigenvalue weighted by Gasteiger charge is -2.18. The van der Waals surface area contributed by atoms with Gasteiger partial charge in [0.15, 0.2) is 0 Å². The van der Waals surface area contributed by atoms with Crippen molar-refractivity contribution in [3.63, 3.8) is 0 Å². The zero-order valence-corrected chi connectivity index (χ0v) is 10.2. The Labute approximate surface area is 83.1 Å². The van der Waals surface area contributed by atoms with Crippen molar-refractivity contribution in [1.29, 1.82) is 0 Å². The molecule has 0 saturated heterocycles. The van der Waals surface area contributed by atoms with Crippen LogP contribution in [-0.2, 0) is 4.79 Å². The normalized spacial score (nSPS) is 8.85. The number of rotatable bonds is 2. The number of hydrogen-bond donors (Lipinski definition) is 2. The molecule has 1 amide bonds. The lowest BCUT2D eigenvalue weighted by molar-refractivity contribution is -0.117. The number of nitrogens with two attached hydrogens (primary N) is 1. The van der Waals surface area contributed by atoms with Crippen LogP contribution in [-0.4, -0.2) is 18.0 Å². The minimum atomic E-state index is -0.315. The molecule has 82 valence electrons. The van der Waals surface area contributed by atoms with Gasteiger partial charge in [0, 0.05) is 5.54 Å². The lowest BCUT2D eigenvalue weighted by Crippen LogP contribution is -2.41. The van der Waals surface area contributed by atoms with Gasteiger partial charge < -0.3 is 11.1 Å². The molecule has 0 bridgehead atoms. The summed E-state index contributed by atoms with van der Waals surface area (Å²) in [5, 5.41) is 2.95. The summed E-state index contributed by atoms with van der Waals surface area (Å²) in [5.41, 5.74) is 4.88. The Hall–Kier alpha value is -0.570. The monoisotopic (exact) mass is 190 g/mol. The minimum absolute atomic E-state index is 0.0188. The summed E-state index contributed by atoms with van der Waals surface area (Å²) in [7, 11) is 0. The Balaban J connectivity index is -0.000000218. The van der Waals surface area contributed by atoms with Gasteiger partial charge in [-0.25, -0.2) is 0 Å². The van der Waals surface area contributed by atoms with E-state index in [1.54, 1.807) is 0 Å². The maximum atomic E-state index is 10.2. The molecule has 0 aliphatic carbocycles. The molecule has 0 fully saturated rings. The minimum Gasteiger partial charge on any atom is -0.369 e. The van der Waals surface area contributed by atoms with E-state index in [4.69, 9.17) is 5.73 Å². The molecule has 0 heterocycles. The Bertz CT molecular complexity index is 106. The highest BCUT2D eigenvalue weighted by molar-refractivity contribution is 5.75. The van der Waals surface area contributed by atoms with Gasteiger partial charge in [0.1, 0.15) is 0 Å². The quantitative estimate of drug-likeness (QED) is 0.699. The lowest BCUT2D eigenvalue weighted by atomic mass is 10.1. The zero-order chi connectivity index (χ0) is 11.5. The highest BCUT2D eigenvalue weighted by Gasteiger charge is 2.08. The molecule has 0 aliphatic heterocycles. The van der Waals surface area contributed by atoms with Crippen molar-refractivity contribution in [2.45, 2.75) is 54.0 Å². The van der Waals surface area contributed by atoms with Gasteiger partial charge in [-0.2, -0.15) is 0 Å². The van der Waals surface area contributed by atoms with E-state index in [0.717, 1.165) is 0 Å². The number of carbonyl (C=O) groups is 1. The highest BCUT2D eigenvalue weighted by atomic mass is 16.1. The maximum Gasteiger partial charge on any atom is 0.231 e. The first-order valence-corrected chi connectivity index (χ1v) is 4.95. The Kier molecular flexibility index (Phi) is 16.1. The summed E-state index contributed by atoms with van der Waals surface area (Å²) >= 11 is 0. The van der Waals surface area contributed by atoms with Gasteiger partial charge >= 0.3 is 0 Å². The first-order valence-electron chi connectivity index (χ1n) is 4.95. The summed E-state index contributed by atoms with van der Waals surface area (Å²) < 4.78 is 0. The van der Waals surface area contributed by atoms with Crippen LogP contribution in [0.15, 0.2) is 0 Å². The predicted octanol–water partition coefficient (Wildman–Crippen LogP) is 1.91. The van der Waals surface area contributed by atoms with Crippen LogP contribution >= 0.6 is 0 Å². The average molecular weight is 190 g/mol. The second-order valence-electron chi connectivity index (χ2n) is 3.07. The molecule has 0 radical (unpaired) electrons. The van der Waals surface area contributed by atoms with Gasteiger partial charge in [-0.05, 0) is 20.8 Å². The molecule has 3 heteroatoms. The molecule has 0 aliphatic rings. The van der Waals surface area contributed by atoms with Crippen LogP contribution < -0.4 is 11.1 Å². The van der Waals surface area contributed by atoms with E-state index in [1.165, 1.54) is 0 Å². The molecule has 3 N–H and O–H groups in total. The topological polar surface area (TPSA) is 55.1 Å². The summed E-state index contributed by atoms with van der Waals surface area (Å²) in [5.74, 6) is -0.315. The Morgan fingerprint density at radius 2 is 1.46 bits per heavy atom. The zero-order valence-electron chi connectivity index (χ0n) is 10.2. The molecule has 0 aromatic rings. The summed E-state index contributed by atoms with van der Waals surface area (Å²) in [4.78, 5) is 10.2. The van der Waals surface area contributed by atoms with E-state index < -0.39 is 0 Å². The highest BCUT2D eigenvalue weighted by Crippen LogP contribution is 1.95. The molecular weight excluding hydrogens is 164 g/mol. The number of carbonyl (C=O) groups excluding carboxylic acids is 1. The summed E-state index contributed by atoms with van der Waals surface area (Å²) in [6, 6.07) is 0. The van der Waals surface area contributed by atoms with Crippen LogP contribution in [0.2, 0.25) is 0 Å². The van der Waals surface area contributed by atoms with E-state index in [0.29, 0.717) is 0 Å². The molecule has 13 heavy (non-hydrogen) atoms. The van der Waals surface area contributed by atoms with Crippen LogP contribution in [0.1, 0.15) is 48.5 Å². The number of hydrogen-bond acceptors (Lipinski definition) is 2.